The summed E-state index contributed by atoms with van der Waals surface area (Å²) in [5.74, 6) is -1.39. The van der Waals surface area contributed by atoms with Crippen LogP contribution in [0.25, 0.3) is 0 Å². The highest BCUT2D eigenvalue weighted by atomic mass is 35.5. The van der Waals surface area contributed by atoms with Crippen LogP contribution in [0.15, 0.2) is 30.7 Å². The minimum Gasteiger partial charge on any atom is -0.480 e. The first kappa shape index (κ1) is 16.4. The van der Waals surface area contributed by atoms with Crippen molar-refractivity contribution in [2.24, 2.45) is 7.05 Å². The van der Waals surface area contributed by atoms with Gasteiger partial charge in [-0.2, -0.15) is 5.10 Å². The number of rotatable bonds is 6. The summed E-state index contributed by atoms with van der Waals surface area (Å²) in [7, 11) is 1.75. The highest BCUT2D eigenvalue weighted by Crippen LogP contribution is 2.47. The van der Waals surface area contributed by atoms with Gasteiger partial charge in [0.2, 0.25) is 5.91 Å². The van der Waals surface area contributed by atoms with E-state index in [4.69, 9.17) is 11.6 Å². The quantitative estimate of drug-likeness (QED) is 0.820. The molecule has 2 N–H and O–H groups in total. The van der Waals surface area contributed by atoms with Crippen LogP contribution in [-0.2, 0) is 28.5 Å². The second kappa shape index (κ2) is 6.24. The van der Waals surface area contributed by atoms with Gasteiger partial charge in [0.1, 0.15) is 6.04 Å². The molecule has 1 unspecified atom stereocenters. The molecule has 0 saturated heterocycles. The second-order valence-corrected chi connectivity index (χ2v) is 6.47. The Morgan fingerprint density at radius 2 is 2.17 bits per heavy atom. The van der Waals surface area contributed by atoms with Crippen LogP contribution < -0.4 is 5.32 Å². The lowest BCUT2D eigenvalue weighted by atomic mass is 9.99. The van der Waals surface area contributed by atoms with Crippen LogP contribution in [0.1, 0.15) is 24.1 Å². The molecule has 24 heavy (non-hydrogen) atoms. The highest BCUT2D eigenvalue weighted by molar-refractivity contribution is 6.30. The van der Waals surface area contributed by atoms with Crippen molar-refractivity contribution in [3.05, 3.63) is 47.0 Å². The summed E-state index contributed by atoms with van der Waals surface area (Å²) < 4.78 is 1.59. The number of carboxylic acids is 1. The Morgan fingerprint density at radius 1 is 1.42 bits per heavy atom. The molecule has 1 amide bonds. The number of aliphatic carboxylic acids is 1. The Labute approximate surface area is 143 Å². The lowest BCUT2D eigenvalue weighted by molar-refractivity contribution is -0.142. The maximum absolute atomic E-state index is 12.7. The van der Waals surface area contributed by atoms with Gasteiger partial charge in [-0.1, -0.05) is 11.6 Å². The number of aryl methyl sites for hydroxylation is 1. The van der Waals surface area contributed by atoms with Gasteiger partial charge in [-0.05, 0) is 30.5 Å². The molecule has 1 atom stereocenters. The number of carboxylic acid groups (broad SMARTS) is 1. The van der Waals surface area contributed by atoms with Crippen molar-refractivity contribution in [2.75, 3.05) is 0 Å². The van der Waals surface area contributed by atoms with E-state index in [9.17, 15) is 14.7 Å². The zero-order valence-corrected chi connectivity index (χ0v) is 13.8. The van der Waals surface area contributed by atoms with E-state index >= 15 is 0 Å². The molecule has 0 aromatic carbocycles. The van der Waals surface area contributed by atoms with Crippen molar-refractivity contribution in [1.29, 1.82) is 0 Å². The Balaban J connectivity index is 1.73. The summed E-state index contributed by atoms with van der Waals surface area (Å²) in [6.07, 6.45) is 6.29. The Morgan fingerprint density at radius 3 is 2.67 bits per heavy atom. The average molecular weight is 349 g/mol. The van der Waals surface area contributed by atoms with Gasteiger partial charge in [-0.25, -0.2) is 4.79 Å². The number of nitrogens with zero attached hydrogens (tertiary/aromatic N) is 3. The molecule has 1 aliphatic rings. The molecular formula is C16H17ClN4O3. The minimum absolute atomic E-state index is 0.180. The first-order valence-electron chi connectivity index (χ1n) is 7.54. The number of hydrogen-bond donors (Lipinski definition) is 2. The van der Waals surface area contributed by atoms with Crippen LogP contribution >= 0.6 is 11.6 Å². The van der Waals surface area contributed by atoms with E-state index in [0.717, 1.165) is 5.56 Å². The fourth-order valence-electron chi connectivity index (χ4n) is 2.69. The maximum Gasteiger partial charge on any atom is 0.326 e. The fraction of sp³-hybridized carbons (Fsp3) is 0.375. The van der Waals surface area contributed by atoms with Crippen LogP contribution in [0.3, 0.4) is 0 Å². The third-order valence-corrected chi connectivity index (χ3v) is 4.43. The lowest BCUT2D eigenvalue weighted by Gasteiger charge is -2.19. The van der Waals surface area contributed by atoms with Gasteiger partial charge in [0.25, 0.3) is 0 Å². The van der Waals surface area contributed by atoms with Crippen LogP contribution in [0.5, 0.6) is 0 Å². The number of carbonyl (C=O) groups is 2. The van der Waals surface area contributed by atoms with Crippen molar-refractivity contribution < 1.29 is 14.7 Å². The van der Waals surface area contributed by atoms with Gasteiger partial charge in [0.15, 0.2) is 0 Å². The van der Waals surface area contributed by atoms with Crippen LogP contribution in [0.4, 0.5) is 0 Å². The van der Waals surface area contributed by atoms with Crippen molar-refractivity contribution in [3.63, 3.8) is 0 Å². The van der Waals surface area contributed by atoms with E-state index in [0.29, 0.717) is 23.6 Å². The summed E-state index contributed by atoms with van der Waals surface area (Å²) >= 11 is 5.83. The van der Waals surface area contributed by atoms with Crippen LogP contribution in [-0.4, -0.2) is 37.8 Å². The topological polar surface area (TPSA) is 97.1 Å². The molecule has 1 fully saturated rings. The number of nitrogens with one attached hydrogen (secondary N) is 1. The highest BCUT2D eigenvalue weighted by Gasteiger charge is 2.53. The van der Waals surface area contributed by atoms with Gasteiger partial charge >= 0.3 is 5.97 Å². The smallest absolute Gasteiger partial charge is 0.326 e. The molecule has 0 radical (unpaired) electrons. The maximum atomic E-state index is 12.7. The number of hydrogen-bond acceptors (Lipinski definition) is 4. The number of halogens is 1. The zero-order valence-electron chi connectivity index (χ0n) is 13.1. The lowest BCUT2D eigenvalue weighted by Crippen LogP contribution is -2.46. The molecule has 2 aromatic rings. The van der Waals surface area contributed by atoms with Crippen molar-refractivity contribution in [1.82, 2.24) is 20.1 Å². The summed E-state index contributed by atoms with van der Waals surface area (Å²) in [5, 5.41) is 16.6. The first-order chi connectivity index (χ1) is 11.4. The predicted octanol–water partition coefficient (Wildman–Crippen LogP) is 1.31. The average Bonchev–Trinajstić information content (AvgIpc) is 3.25. The summed E-state index contributed by atoms with van der Waals surface area (Å²) in [5.41, 5.74) is 0.627. The normalized spacial score (nSPS) is 16.4. The van der Waals surface area contributed by atoms with Gasteiger partial charge in [-0.15, -0.1) is 0 Å². The Kier molecular flexibility index (Phi) is 4.28. The van der Waals surface area contributed by atoms with Crippen molar-refractivity contribution >= 4 is 23.5 Å². The fourth-order valence-corrected chi connectivity index (χ4v) is 2.80. The first-order valence-corrected chi connectivity index (χ1v) is 7.92. The molecule has 8 heteroatoms. The summed E-state index contributed by atoms with van der Waals surface area (Å²) in [6.45, 7) is 0. The van der Waals surface area contributed by atoms with Gasteiger partial charge in [0, 0.05) is 25.9 Å². The van der Waals surface area contributed by atoms with Crippen LogP contribution in [0.2, 0.25) is 5.02 Å². The molecule has 126 valence electrons. The van der Waals surface area contributed by atoms with Crippen molar-refractivity contribution in [2.45, 2.75) is 30.7 Å². The third kappa shape index (κ3) is 3.26. The number of amides is 1. The molecule has 1 aliphatic carbocycles. The molecule has 0 aliphatic heterocycles. The van der Waals surface area contributed by atoms with E-state index in [1.54, 1.807) is 36.3 Å². The predicted molar refractivity (Wildman–Crippen MR) is 86.6 cm³/mol. The number of pyridine rings is 1. The van der Waals surface area contributed by atoms with Gasteiger partial charge < -0.3 is 10.4 Å². The van der Waals surface area contributed by atoms with Gasteiger partial charge in [-0.3, -0.25) is 14.5 Å². The third-order valence-electron chi connectivity index (χ3n) is 4.20. The molecule has 0 bridgehead atoms. The SMILES string of the molecule is Cn1cc(CC(NC(=O)C2(c3ccc(Cl)cn3)CC2)C(=O)O)cn1. The van der Waals surface area contributed by atoms with E-state index in [2.05, 4.69) is 15.4 Å². The molecule has 2 aromatic heterocycles. The molecule has 1 saturated carbocycles. The van der Waals surface area contributed by atoms with E-state index in [1.165, 1.54) is 6.20 Å². The van der Waals surface area contributed by atoms with Crippen molar-refractivity contribution in [3.8, 4) is 0 Å². The molecule has 2 heterocycles. The number of aromatic nitrogens is 3. The van der Waals surface area contributed by atoms with E-state index in [1.807, 2.05) is 0 Å². The Hall–Kier alpha value is -2.41. The molecule has 3 rings (SSSR count). The van der Waals surface area contributed by atoms with E-state index in [-0.39, 0.29) is 12.3 Å². The number of carbonyl (C=O) groups excluding carboxylic acids is 1. The second-order valence-electron chi connectivity index (χ2n) is 6.03. The van der Waals surface area contributed by atoms with Gasteiger partial charge in [0.05, 0.1) is 22.3 Å². The standard InChI is InChI=1S/C16H17ClN4O3/c1-21-9-10(7-19-21)6-12(14(22)23)20-15(24)16(4-5-16)13-3-2-11(17)8-18-13/h2-3,7-9,12H,4-6H2,1H3,(H,20,24)(H,22,23). The Bertz CT molecular complexity index is 768. The summed E-state index contributed by atoms with van der Waals surface area (Å²) in [4.78, 5) is 28.4. The van der Waals surface area contributed by atoms with Crippen LogP contribution in [0, 0.1) is 0 Å². The van der Waals surface area contributed by atoms with E-state index < -0.39 is 17.4 Å². The summed E-state index contributed by atoms with van der Waals surface area (Å²) in [6, 6.07) is 2.39. The zero-order chi connectivity index (χ0) is 17.3. The molecular weight excluding hydrogens is 332 g/mol. The molecule has 0 spiro atoms. The monoisotopic (exact) mass is 348 g/mol. The minimum atomic E-state index is -1.08. The molecule has 7 nitrogen and oxygen atoms in total. The largest absolute Gasteiger partial charge is 0.480 e.